The van der Waals surface area contributed by atoms with Gasteiger partial charge in [-0.1, -0.05) is 13.0 Å². The molecular formula is C18H29FN2. The van der Waals surface area contributed by atoms with Gasteiger partial charge in [0.15, 0.2) is 0 Å². The third-order valence-electron chi connectivity index (χ3n) is 4.30. The van der Waals surface area contributed by atoms with Crippen molar-refractivity contribution in [3.8, 4) is 0 Å². The Morgan fingerprint density at radius 1 is 1.29 bits per heavy atom. The summed E-state index contributed by atoms with van der Waals surface area (Å²) in [5.74, 6) is -0.0929. The van der Waals surface area contributed by atoms with Crippen molar-refractivity contribution in [2.24, 2.45) is 0 Å². The van der Waals surface area contributed by atoms with Crippen LogP contribution in [0, 0.1) is 5.82 Å². The first-order chi connectivity index (χ1) is 9.92. The first-order valence-electron chi connectivity index (χ1n) is 8.21. The maximum absolute atomic E-state index is 14.3. The van der Waals surface area contributed by atoms with Crippen molar-refractivity contribution < 1.29 is 4.39 Å². The van der Waals surface area contributed by atoms with Crippen LogP contribution >= 0.6 is 0 Å². The fourth-order valence-corrected chi connectivity index (χ4v) is 3.09. The minimum Gasteiger partial charge on any atom is -0.368 e. The molecule has 1 unspecified atom stereocenters. The molecule has 1 aliphatic heterocycles. The number of hydrogen-bond donors (Lipinski definition) is 1. The topological polar surface area (TPSA) is 15.3 Å². The summed E-state index contributed by atoms with van der Waals surface area (Å²) in [6.07, 6.45) is 4.85. The number of benzene rings is 1. The Balaban J connectivity index is 2.27. The monoisotopic (exact) mass is 292 g/mol. The van der Waals surface area contributed by atoms with Crippen molar-refractivity contribution in [3.63, 3.8) is 0 Å². The average Bonchev–Trinajstić information content (AvgIpc) is 2.44. The third-order valence-corrected chi connectivity index (χ3v) is 4.30. The molecule has 0 spiro atoms. The maximum atomic E-state index is 14.3. The zero-order valence-electron chi connectivity index (χ0n) is 13.9. The summed E-state index contributed by atoms with van der Waals surface area (Å²) in [5.41, 5.74) is 1.89. The molecule has 21 heavy (non-hydrogen) atoms. The van der Waals surface area contributed by atoms with Crippen LogP contribution in [0.5, 0.6) is 0 Å². The highest BCUT2D eigenvalue weighted by Gasteiger charge is 2.24. The van der Waals surface area contributed by atoms with Crippen LogP contribution in [0.1, 0.15) is 58.9 Å². The van der Waals surface area contributed by atoms with E-state index in [9.17, 15) is 4.39 Å². The molecule has 0 radical (unpaired) electrons. The molecule has 1 fully saturated rings. The smallest absolute Gasteiger partial charge is 0.129 e. The van der Waals surface area contributed by atoms with Crippen LogP contribution in [-0.4, -0.2) is 18.1 Å². The third kappa shape index (κ3) is 4.19. The average molecular weight is 292 g/mol. The van der Waals surface area contributed by atoms with Gasteiger partial charge in [-0.2, -0.15) is 0 Å². The molecule has 118 valence electrons. The molecule has 0 amide bonds. The molecule has 1 N–H and O–H groups in total. The number of hydrogen-bond acceptors (Lipinski definition) is 2. The molecule has 1 aliphatic rings. The van der Waals surface area contributed by atoms with Gasteiger partial charge in [-0.05, 0) is 58.6 Å². The van der Waals surface area contributed by atoms with Gasteiger partial charge < -0.3 is 10.2 Å². The van der Waals surface area contributed by atoms with Crippen molar-refractivity contribution in [2.75, 3.05) is 11.4 Å². The van der Waals surface area contributed by atoms with E-state index >= 15 is 0 Å². The molecule has 1 saturated heterocycles. The van der Waals surface area contributed by atoms with Crippen LogP contribution in [-0.2, 0) is 6.54 Å². The summed E-state index contributed by atoms with van der Waals surface area (Å²) < 4.78 is 14.3. The molecule has 2 nitrogen and oxygen atoms in total. The number of piperidine rings is 1. The Hall–Kier alpha value is -1.09. The van der Waals surface area contributed by atoms with Gasteiger partial charge in [-0.3, -0.25) is 0 Å². The van der Waals surface area contributed by atoms with Gasteiger partial charge in [0.25, 0.3) is 0 Å². The van der Waals surface area contributed by atoms with E-state index in [1.54, 1.807) is 6.07 Å². The molecular weight excluding hydrogens is 263 g/mol. The number of anilines is 1. The Labute approximate surface area is 128 Å². The molecule has 0 aliphatic carbocycles. The molecule has 1 atom stereocenters. The van der Waals surface area contributed by atoms with E-state index in [1.165, 1.54) is 19.3 Å². The lowest BCUT2D eigenvalue weighted by Gasteiger charge is -2.38. The number of halogens is 1. The Morgan fingerprint density at radius 2 is 2.05 bits per heavy atom. The van der Waals surface area contributed by atoms with E-state index in [4.69, 9.17) is 0 Å². The van der Waals surface area contributed by atoms with Crippen LogP contribution in [0.4, 0.5) is 10.1 Å². The predicted molar refractivity (Wildman–Crippen MR) is 88.3 cm³/mol. The Bertz CT molecular complexity index is 465. The van der Waals surface area contributed by atoms with Crippen LogP contribution < -0.4 is 10.2 Å². The van der Waals surface area contributed by atoms with Crippen LogP contribution in [0.25, 0.3) is 0 Å². The van der Waals surface area contributed by atoms with Gasteiger partial charge in [-0.15, -0.1) is 0 Å². The summed E-state index contributed by atoms with van der Waals surface area (Å²) in [7, 11) is 0. The zero-order chi connectivity index (χ0) is 15.5. The van der Waals surface area contributed by atoms with Crippen LogP contribution in [0.15, 0.2) is 18.2 Å². The number of rotatable bonds is 4. The van der Waals surface area contributed by atoms with Crippen molar-refractivity contribution in [1.29, 1.82) is 0 Å². The lowest BCUT2D eigenvalue weighted by Crippen LogP contribution is -2.41. The van der Waals surface area contributed by atoms with E-state index in [-0.39, 0.29) is 11.4 Å². The molecule has 2 rings (SSSR count). The first kappa shape index (κ1) is 16.3. The van der Waals surface area contributed by atoms with Crippen LogP contribution in [0.2, 0.25) is 0 Å². The maximum Gasteiger partial charge on any atom is 0.129 e. The zero-order valence-corrected chi connectivity index (χ0v) is 13.9. The van der Waals surface area contributed by atoms with Gasteiger partial charge >= 0.3 is 0 Å². The van der Waals surface area contributed by atoms with Crippen LogP contribution in [0.3, 0.4) is 0 Å². The largest absolute Gasteiger partial charge is 0.368 e. The molecule has 3 heteroatoms. The first-order valence-corrected chi connectivity index (χ1v) is 8.21. The molecule has 1 aromatic rings. The second-order valence-electron chi connectivity index (χ2n) is 7.09. The van der Waals surface area contributed by atoms with Gasteiger partial charge in [0.1, 0.15) is 5.82 Å². The van der Waals surface area contributed by atoms with Gasteiger partial charge in [0, 0.05) is 35.9 Å². The van der Waals surface area contributed by atoms with E-state index < -0.39 is 0 Å². The minimum absolute atomic E-state index is 0.00833. The van der Waals surface area contributed by atoms with E-state index in [1.807, 2.05) is 6.07 Å². The fourth-order valence-electron chi connectivity index (χ4n) is 3.09. The highest BCUT2D eigenvalue weighted by Crippen LogP contribution is 2.31. The second kappa shape index (κ2) is 6.78. The van der Waals surface area contributed by atoms with E-state index in [0.29, 0.717) is 12.6 Å². The summed E-state index contributed by atoms with van der Waals surface area (Å²) >= 11 is 0. The predicted octanol–water partition coefficient (Wildman–Crippen LogP) is 4.48. The second-order valence-corrected chi connectivity index (χ2v) is 7.09. The minimum atomic E-state index is -0.0929. The SMILES string of the molecule is CCC1CCCCN1c1cccc(F)c1CNC(C)(C)C. The van der Waals surface area contributed by atoms with E-state index in [2.05, 4.69) is 44.0 Å². The van der Waals surface area contributed by atoms with Gasteiger partial charge in [0.05, 0.1) is 0 Å². The lowest BCUT2D eigenvalue weighted by molar-refractivity contribution is 0.414. The molecule has 1 heterocycles. The van der Waals surface area contributed by atoms with Crippen molar-refractivity contribution >= 4 is 5.69 Å². The summed E-state index contributed by atoms with van der Waals surface area (Å²) in [4.78, 5) is 2.42. The highest BCUT2D eigenvalue weighted by atomic mass is 19.1. The van der Waals surface area contributed by atoms with Crippen molar-refractivity contribution in [1.82, 2.24) is 5.32 Å². The molecule has 0 aromatic heterocycles. The number of nitrogens with one attached hydrogen (secondary N) is 1. The van der Waals surface area contributed by atoms with Crippen molar-refractivity contribution in [3.05, 3.63) is 29.6 Å². The molecule has 0 bridgehead atoms. The normalized spacial score (nSPS) is 19.9. The van der Waals surface area contributed by atoms with Crippen molar-refractivity contribution in [2.45, 2.75) is 71.5 Å². The Morgan fingerprint density at radius 3 is 2.71 bits per heavy atom. The van der Waals surface area contributed by atoms with E-state index in [0.717, 1.165) is 24.2 Å². The number of nitrogens with zero attached hydrogens (tertiary/aromatic N) is 1. The van der Waals surface area contributed by atoms with Gasteiger partial charge in [-0.25, -0.2) is 4.39 Å². The lowest BCUT2D eigenvalue weighted by atomic mass is 9.97. The molecule has 0 saturated carbocycles. The summed E-state index contributed by atoms with van der Waals surface area (Å²) in [6.45, 7) is 10.2. The van der Waals surface area contributed by atoms with Gasteiger partial charge in [0.2, 0.25) is 0 Å². The quantitative estimate of drug-likeness (QED) is 0.880. The summed E-state index contributed by atoms with van der Waals surface area (Å²) in [6, 6.07) is 6.05. The summed E-state index contributed by atoms with van der Waals surface area (Å²) in [5, 5.41) is 3.42. The highest BCUT2D eigenvalue weighted by molar-refractivity contribution is 5.55. The molecule has 1 aromatic carbocycles. The fraction of sp³-hybridized carbons (Fsp3) is 0.667. The Kier molecular flexibility index (Phi) is 5.26. The standard InChI is InChI=1S/C18H29FN2/c1-5-14-9-6-7-12-21(14)17-11-8-10-16(19)15(17)13-20-18(2,3)4/h8,10-11,14,20H,5-7,9,12-13H2,1-4H3.